The largest absolute Gasteiger partial charge is 0.456 e. The second kappa shape index (κ2) is 5.38. The van der Waals surface area contributed by atoms with Crippen LogP contribution in [0.15, 0.2) is 36.5 Å². The van der Waals surface area contributed by atoms with Gasteiger partial charge in [0.05, 0.1) is 18.0 Å². The number of aromatic nitrogens is 1. The van der Waals surface area contributed by atoms with Crippen molar-refractivity contribution < 1.29 is 9.84 Å². The molecule has 0 radical (unpaired) electrons. The molecule has 3 nitrogen and oxygen atoms in total. The number of rotatable bonds is 3. The Hall–Kier alpha value is -1.58. The highest BCUT2D eigenvalue weighted by atomic mass is 35.5. The predicted octanol–water partition coefficient (Wildman–Crippen LogP) is 3.89. The quantitative estimate of drug-likeness (QED) is 0.914. The van der Waals surface area contributed by atoms with Gasteiger partial charge in [0, 0.05) is 5.02 Å². The Morgan fingerprint density at radius 1 is 1.22 bits per heavy atom. The summed E-state index contributed by atoms with van der Waals surface area (Å²) in [4.78, 5) is 4.11. The van der Waals surface area contributed by atoms with Crippen molar-refractivity contribution in [1.29, 1.82) is 0 Å². The zero-order valence-electron chi connectivity index (χ0n) is 10.2. The van der Waals surface area contributed by atoms with Gasteiger partial charge in [-0.15, -0.1) is 0 Å². The summed E-state index contributed by atoms with van der Waals surface area (Å²) in [5, 5.41) is 10.1. The van der Waals surface area contributed by atoms with Gasteiger partial charge in [-0.05, 0) is 49.7 Å². The molecule has 1 aromatic heterocycles. The number of aryl methyl sites for hydroxylation is 1. The first-order chi connectivity index (χ1) is 8.56. The van der Waals surface area contributed by atoms with E-state index in [1.165, 1.54) is 0 Å². The third-order valence-corrected chi connectivity index (χ3v) is 2.98. The Balaban J connectivity index is 2.15. The van der Waals surface area contributed by atoms with Crippen LogP contribution >= 0.6 is 11.6 Å². The zero-order chi connectivity index (χ0) is 13.1. The van der Waals surface area contributed by atoms with Gasteiger partial charge in [-0.3, -0.25) is 4.98 Å². The van der Waals surface area contributed by atoms with E-state index in [-0.39, 0.29) is 0 Å². The van der Waals surface area contributed by atoms with E-state index in [4.69, 9.17) is 16.3 Å². The van der Waals surface area contributed by atoms with E-state index in [2.05, 4.69) is 4.98 Å². The fraction of sp³-hybridized carbons (Fsp3) is 0.214. The number of hydrogen-bond acceptors (Lipinski definition) is 3. The van der Waals surface area contributed by atoms with Gasteiger partial charge in [-0.25, -0.2) is 0 Å². The van der Waals surface area contributed by atoms with E-state index >= 15 is 0 Å². The minimum Gasteiger partial charge on any atom is -0.456 e. The van der Waals surface area contributed by atoms with Crippen molar-refractivity contribution in [2.75, 3.05) is 0 Å². The van der Waals surface area contributed by atoms with Crippen LogP contribution in [0.4, 0.5) is 0 Å². The highest BCUT2D eigenvalue weighted by Gasteiger charge is 2.04. The topological polar surface area (TPSA) is 42.4 Å². The molecule has 2 rings (SSSR count). The van der Waals surface area contributed by atoms with Crippen LogP contribution in [0.1, 0.15) is 24.3 Å². The zero-order valence-corrected chi connectivity index (χ0v) is 11.0. The number of aliphatic hydroxyl groups is 1. The molecular weight excluding hydrogens is 250 g/mol. The van der Waals surface area contributed by atoms with E-state index < -0.39 is 6.10 Å². The second-order valence-corrected chi connectivity index (χ2v) is 4.51. The molecule has 1 heterocycles. The van der Waals surface area contributed by atoms with Gasteiger partial charge < -0.3 is 9.84 Å². The van der Waals surface area contributed by atoms with Gasteiger partial charge >= 0.3 is 0 Å². The molecule has 2 aromatic rings. The van der Waals surface area contributed by atoms with Crippen LogP contribution in [-0.2, 0) is 0 Å². The van der Waals surface area contributed by atoms with Crippen LogP contribution in [0.2, 0.25) is 5.02 Å². The number of pyridine rings is 1. The molecule has 1 atom stereocenters. The standard InChI is InChI=1S/C14H14ClNO2/c1-9-7-11(3-5-13(9)15)18-12-4-6-14(10(2)17)16-8-12/h3-8,10,17H,1-2H3/t10-/m1/s1. The number of aliphatic hydroxyl groups excluding tert-OH is 1. The van der Waals surface area contributed by atoms with Gasteiger partial charge in [0.2, 0.25) is 0 Å². The Bertz CT molecular complexity index is 538. The van der Waals surface area contributed by atoms with E-state index in [0.29, 0.717) is 22.2 Å². The molecule has 0 aliphatic heterocycles. The molecule has 0 amide bonds. The lowest BCUT2D eigenvalue weighted by Gasteiger charge is -2.08. The minimum absolute atomic E-state index is 0.572. The van der Waals surface area contributed by atoms with Gasteiger partial charge in [0.1, 0.15) is 11.5 Å². The van der Waals surface area contributed by atoms with Gasteiger partial charge in [-0.1, -0.05) is 11.6 Å². The molecule has 0 spiro atoms. The van der Waals surface area contributed by atoms with Crippen molar-refractivity contribution in [2.45, 2.75) is 20.0 Å². The van der Waals surface area contributed by atoms with Crippen molar-refractivity contribution >= 4 is 11.6 Å². The van der Waals surface area contributed by atoms with Crippen LogP contribution in [0.5, 0.6) is 11.5 Å². The first-order valence-electron chi connectivity index (χ1n) is 5.64. The molecule has 94 valence electrons. The van der Waals surface area contributed by atoms with Crippen LogP contribution in [-0.4, -0.2) is 10.1 Å². The van der Waals surface area contributed by atoms with Gasteiger partial charge in [0.25, 0.3) is 0 Å². The van der Waals surface area contributed by atoms with Crippen molar-refractivity contribution in [3.63, 3.8) is 0 Å². The highest BCUT2D eigenvalue weighted by molar-refractivity contribution is 6.31. The molecule has 0 saturated carbocycles. The number of halogens is 1. The number of ether oxygens (including phenoxy) is 1. The summed E-state index contributed by atoms with van der Waals surface area (Å²) >= 11 is 5.94. The lowest BCUT2D eigenvalue weighted by atomic mass is 10.2. The summed E-state index contributed by atoms with van der Waals surface area (Å²) in [6.45, 7) is 3.59. The summed E-state index contributed by atoms with van der Waals surface area (Å²) in [6.07, 6.45) is 1.02. The Morgan fingerprint density at radius 3 is 2.50 bits per heavy atom. The fourth-order valence-electron chi connectivity index (χ4n) is 1.52. The second-order valence-electron chi connectivity index (χ2n) is 4.11. The molecular formula is C14H14ClNO2. The van der Waals surface area contributed by atoms with Crippen molar-refractivity contribution in [3.05, 3.63) is 52.8 Å². The molecule has 18 heavy (non-hydrogen) atoms. The molecule has 0 saturated heterocycles. The van der Waals surface area contributed by atoms with Gasteiger partial charge in [0.15, 0.2) is 0 Å². The normalized spacial score (nSPS) is 12.2. The third kappa shape index (κ3) is 3.00. The van der Waals surface area contributed by atoms with Crippen LogP contribution in [0.3, 0.4) is 0 Å². The summed E-state index contributed by atoms with van der Waals surface area (Å²) in [5.41, 5.74) is 1.58. The lowest BCUT2D eigenvalue weighted by molar-refractivity contribution is 0.194. The number of benzene rings is 1. The number of nitrogens with zero attached hydrogens (tertiary/aromatic N) is 1. The average molecular weight is 264 g/mol. The first kappa shape index (κ1) is 12.9. The van der Waals surface area contributed by atoms with E-state index in [1.54, 1.807) is 37.4 Å². The Morgan fingerprint density at radius 2 is 1.94 bits per heavy atom. The maximum absolute atomic E-state index is 9.35. The third-order valence-electron chi connectivity index (χ3n) is 2.55. The van der Waals surface area contributed by atoms with Crippen molar-refractivity contribution in [1.82, 2.24) is 4.98 Å². The molecule has 4 heteroatoms. The highest BCUT2D eigenvalue weighted by Crippen LogP contribution is 2.25. The van der Waals surface area contributed by atoms with Crippen LogP contribution < -0.4 is 4.74 Å². The van der Waals surface area contributed by atoms with E-state index in [0.717, 1.165) is 5.56 Å². The molecule has 0 fully saturated rings. The first-order valence-corrected chi connectivity index (χ1v) is 6.02. The van der Waals surface area contributed by atoms with Crippen molar-refractivity contribution in [2.24, 2.45) is 0 Å². The van der Waals surface area contributed by atoms with Crippen molar-refractivity contribution in [3.8, 4) is 11.5 Å². The summed E-state index contributed by atoms with van der Waals surface area (Å²) < 4.78 is 5.65. The number of hydrogen-bond donors (Lipinski definition) is 1. The SMILES string of the molecule is Cc1cc(Oc2ccc([C@@H](C)O)nc2)ccc1Cl. The molecule has 0 aliphatic rings. The van der Waals surface area contributed by atoms with Crippen LogP contribution in [0.25, 0.3) is 0 Å². The predicted molar refractivity (Wildman–Crippen MR) is 71.1 cm³/mol. The van der Waals surface area contributed by atoms with Crippen LogP contribution in [0, 0.1) is 6.92 Å². The monoisotopic (exact) mass is 263 g/mol. The summed E-state index contributed by atoms with van der Waals surface area (Å²) in [5.74, 6) is 1.34. The molecule has 0 unspecified atom stereocenters. The van der Waals surface area contributed by atoms with Gasteiger partial charge in [-0.2, -0.15) is 0 Å². The summed E-state index contributed by atoms with van der Waals surface area (Å²) in [6, 6.07) is 8.98. The molecule has 0 bridgehead atoms. The maximum atomic E-state index is 9.35. The lowest BCUT2D eigenvalue weighted by Crippen LogP contribution is -1.95. The Kier molecular flexibility index (Phi) is 3.84. The molecule has 1 N–H and O–H groups in total. The Labute approximate surface area is 111 Å². The molecule has 0 aliphatic carbocycles. The van der Waals surface area contributed by atoms with E-state index in [1.807, 2.05) is 13.0 Å². The summed E-state index contributed by atoms with van der Waals surface area (Å²) in [7, 11) is 0. The van der Waals surface area contributed by atoms with E-state index in [9.17, 15) is 5.11 Å². The fourth-order valence-corrected chi connectivity index (χ4v) is 1.63. The smallest absolute Gasteiger partial charge is 0.145 e. The maximum Gasteiger partial charge on any atom is 0.145 e. The minimum atomic E-state index is -0.572. The average Bonchev–Trinajstić information content (AvgIpc) is 2.34. The molecule has 1 aromatic carbocycles.